The van der Waals surface area contributed by atoms with E-state index in [-0.39, 0.29) is 0 Å². The monoisotopic (exact) mass is 240 g/mol. The van der Waals surface area contributed by atoms with Gasteiger partial charge in [-0.15, -0.1) is 0 Å². The summed E-state index contributed by atoms with van der Waals surface area (Å²) in [6.45, 7) is 4.20. The van der Waals surface area contributed by atoms with Crippen LogP contribution in [0, 0.1) is 6.92 Å². The van der Waals surface area contributed by atoms with Crippen LogP contribution in [0.2, 0.25) is 0 Å². The molecule has 0 fully saturated rings. The minimum absolute atomic E-state index is 0.837. The highest BCUT2D eigenvalue weighted by Crippen LogP contribution is 2.20. The van der Waals surface area contributed by atoms with Gasteiger partial charge >= 0.3 is 0 Å². The molecule has 2 aromatic rings. The quantitative estimate of drug-likeness (QED) is 0.809. The van der Waals surface area contributed by atoms with Crippen LogP contribution in [0.15, 0.2) is 36.4 Å². The lowest BCUT2D eigenvalue weighted by molar-refractivity contribution is 1.06. The van der Waals surface area contributed by atoms with Crippen LogP contribution >= 0.6 is 0 Å². The highest BCUT2D eigenvalue weighted by Gasteiger charge is 2.04. The third-order valence-corrected chi connectivity index (χ3v) is 3.34. The molecule has 4 N–H and O–H groups in total. The van der Waals surface area contributed by atoms with Crippen LogP contribution in [0.3, 0.4) is 0 Å². The molecule has 0 radical (unpaired) electrons. The van der Waals surface area contributed by atoms with E-state index < -0.39 is 0 Å². The van der Waals surface area contributed by atoms with E-state index in [4.69, 9.17) is 11.5 Å². The minimum Gasteiger partial charge on any atom is -0.399 e. The SMILES string of the molecule is CCc1cc(N)ccc1Cc1ccc(N)c(C)c1. The molecule has 0 unspecified atom stereocenters. The predicted octanol–water partition coefficient (Wildman–Crippen LogP) is 3.31. The second-order valence-electron chi connectivity index (χ2n) is 4.75. The van der Waals surface area contributed by atoms with Crippen LogP contribution in [0.1, 0.15) is 29.2 Å². The fourth-order valence-electron chi connectivity index (χ4n) is 2.22. The van der Waals surface area contributed by atoms with Crippen molar-refractivity contribution in [2.45, 2.75) is 26.7 Å². The Hall–Kier alpha value is -1.96. The highest BCUT2D eigenvalue weighted by atomic mass is 14.6. The third-order valence-electron chi connectivity index (χ3n) is 3.34. The molecule has 0 aliphatic carbocycles. The third kappa shape index (κ3) is 2.65. The molecule has 0 bridgehead atoms. The molecule has 2 heteroatoms. The zero-order valence-electron chi connectivity index (χ0n) is 11.0. The number of aryl methyl sites for hydroxylation is 2. The van der Waals surface area contributed by atoms with Crippen molar-refractivity contribution in [3.05, 3.63) is 58.7 Å². The lowest BCUT2D eigenvalue weighted by Gasteiger charge is -2.10. The first-order chi connectivity index (χ1) is 8.60. The molecule has 0 saturated carbocycles. The molecule has 0 aliphatic heterocycles. The van der Waals surface area contributed by atoms with Crippen LogP contribution < -0.4 is 11.5 Å². The van der Waals surface area contributed by atoms with Gasteiger partial charge in [0.25, 0.3) is 0 Å². The maximum atomic E-state index is 5.84. The normalized spacial score (nSPS) is 10.6. The largest absolute Gasteiger partial charge is 0.399 e. The van der Waals surface area contributed by atoms with Crippen LogP contribution in [-0.4, -0.2) is 0 Å². The molecule has 0 aliphatic rings. The molecule has 0 spiro atoms. The number of anilines is 2. The lowest BCUT2D eigenvalue weighted by Crippen LogP contribution is -1.98. The fourth-order valence-corrected chi connectivity index (χ4v) is 2.22. The Morgan fingerprint density at radius 2 is 1.72 bits per heavy atom. The van der Waals surface area contributed by atoms with Crippen molar-refractivity contribution in [2.24, 2.45) is 0 Å². The summed E-state index contributed by atoms with van der Waals surface area (Å²) < 4.78 is 0. The number of benzene rings is 2. The molecule has 2 rings (SSSR count). The van der Waals surface area contributed by atoms with Gasteiger partial charge in [0.15, 0.2) is 0 Å². The molecule has 2 nitrogen and oxygen atoms in total. The Bertz CT molecular complexity index is 559. The first-order valence-corrected chi connectivity index (χ1v) is 6.32. The van der Waals surface area contributed by atoms with Crippen LogP contribution in [0.5, 0.6) is 0 Å². The first-order valence-electron chi connectivity index (χ1n) is 6.32. The van der Waals surface area contributed by atoms with Gasteiger partial charge in [-0.3, -0.25) is 0 Å². The highest BCUT2D eigenvalue weighted by molar-refractivity contribution is 5.50. The van der Waals surface area contributed by atoms with E-state index in [9.17, 15) is 0 Å². The summed E-state index contributed by atoms with van der Waals surface area (Å²) >= 11 is 0. The summed E-state index contributed by atoms with van der Waals surface area (Å²) in [4.78, 5) is 0. The second kappa shape index (κ2) is 5.13. The molecule has 0 amide bonds. The smallest absolute Gasteiger partial charge is 0.0343 e. The van der Waals surface area contributed by atoms with E-state index in [1.165, 1.54) is 16.7 Å². The van der Waals surface area contributed by atoms with Crippen LogP contribution in [0.4, 0.5) is 11.4 Å². The van der Waals surface area contributed by atoms with Gasteiger partial charge < -0.3 is 11.5 Å². The van der Waals surface area contributed by atoms with Crippen molar-refractivity contribution < 1.29 is 0 Å². The molecule has 0 heterocycles. The van der Waals surface area contributed by atoms with Crippen molar-refractivity contribution in [1.29, 1.82) is 0 Å². The van der Waals surface area contributed by atoms with Crippen LogP contribution in [-0.2, 0) is 12.8 Å². The first kappa shape index (κ1) is 12.5. The van der Waals surface area contributed by atoms with Gasteiger partial charge in [-0.25, -0.2) is 0 Å². The second-order valence-corrected chi connectivity index (χ2v) is 4.75. The predicted molar refractivity (Wildman–Crippen MR) is 78.6 cm³/mol. The van der Waals surface area contributed by atoms with Crippen molar-refractivity contribution in [2.75, 3.05) is 11.5 Å². The maximum absolute atomic E-state index is 5.84. The van der Waals surface area contributed by atoms with Crippen LogP contribution in [0.25, 0.3) is 0 Å². The summed E-state index contributed by atoms with van der Waals surface area (Å²) in [7, 11) is 0. The number of nitrogens with two attached hydrogens (primary N) is 2. The molecule has 0 aromatic heterocycles. The number of nitrogen functional groups attached to an aromatic ring is 2. The molecule has 0 saturated heterocycles. The van der Waals surface area contributed by atoms with E-state index in [0.717, 1.165) is 29.8 Å². The summed E-state index contributed by atoms with van der Waals surface area (Å²) in [6.07, 6.45) is 1.94. The van der Waals surface area contributed by atoms with Crippen molar-refractivity contribution >= 4 is 11.4 Å². The minimum atomic E-state index is 0.837. The zero-order chi connectivity index (χ0) is 13.1. The number of hydrogen-bond acceptors (Lipinski definition) is 2. The van der Waals surface area contributed by atoms with E-state index in [1.807, 2.05) is 19.1 Å². The van der Waals surface area contributed by atoms with Gasteiger partial charge in [0, 0.05) is 11.4 Å². The van der Waals surface area contributed by atoms with E-state index in [2.05, 4.69) is 31.2 Å². The molecule has 2 aromatic carbocycles. The Labute approximate surface area is 109 Å². The number of rotatable bonds is 3. The van der Waals surface area contributed by atoms with Gasteiger partial charge in [-0.1, -0.05) is 25.1 Å². The summed E-state index contributed by atoms with van der Waals surface area (Å²) in [5.41, 5.74) is 18.5. The van der Waals surface area contributed by atoms with Gasteiger partial charge in [0.2, 0.25) is 0 Å². The molecular weight excluding hydrogens is 220 g/mol. The Morgan fingerprint density at radius 3 is 2.39 bits per heavy atom. The maximum Gasteiger partial charge on any atom is 0.0343 e. The lowest BCUT2D eigenvalue weighted by atomic mass is 9.96. The molecule has 18 heavy (non-hydrogen) atoms. The van der Waals surface area contributed by atoms with Crippen molar-refractivity contribution in [1.82, 2.24) is 0 Å². The summed E-state index contributed by atoms with van der Waals surface area (Å²) in [6, 6.07) is 12.4. The summed E-state index contributed by atoms with van der Waals surface area (Å²) in [5.74, 6) is 0. The van der Waals surface area contributed by atoms with E-state index in [0.29, 0.717) is 0 Å². The number of hydrogen-bond donors (Lipinski definition) is 2. The zero-order valence-corrected chi connectivity index (χ0v) is 11.0. The van der Waals surface area contributed by atoms with Gasteiger partial charge in [0.1, 0.15) is 0 Å². The van der Waals surface area contributed by atoms with E-state index >= 15 is 0 Å². The van der Waals surface area contributed by atoms with Crippen molar-refractivity contribution in [3.8, 4) is 0 Å². The Morgan fingerprint density at radius 1 is 0.944 bits per heavy atom. The average Bonchev–Trinajstić information content (AvgIpc) is 2.36. The Balaban J connectivity index is 2.30. The topological polar surface area (TPSA) is 52.0 Å². The van der Waals surface area contributed by atoms with Gasteiger partial charge in [0.05, 0.1) is 0 Å². The van der Waals surface area contributed by atoms with Gasteiger partial charge in [-0.2, -0.15) is 0 Å². The standard InChI is InChI=1S/C16H20N2/c1-3-13-10-15(17)6-5-14(13)9-12-4-7-16(18)11(2)8-12/h4-8,10H,3,9,17-18H2,1-2H3. The molecule has 0 atom stereocenters. The van der Waals surface area contributed by atoms with E-state index in [1.54, 1.807) is 0 Å². The Kier molecular flexibility index (Phi) is 3.56. The fraction of sp³-hybridized carbons (Fsp3) is 0.250. The summed E-state index contributed by atoms with van der Waals surface area (Å²) in [5, 5.41) is 0. The van der Waals surface area contributed by atoms with Gasteiger partial charge in [-0.05, 0) is 60.2 Å². The van der Waals surface area contributed by atoms with Crippen molar-refractivity contribution in [3.63, 3.8) is 0 Å². The molecule has 94 valence electrons. The molecular formula is C16H20N2. The average molecular weight is 240 g/mol.